The van der Waals surface area contributed by atoms with Crippen molar-refractivity contribution in [2.24, 2.45) is 5.73 Å². The van der Waals surface area contributed by atoms with Crippen molar-refractivity contribution < 1.29 is 9.47 Å². The van der Waals surface area contributed by atoms with Gasteiger partial charge in [0, 0.05) is 56.8 Å². The molecule has 106 valence electrons. The molecule has 2 N–H and O–H groups in total. The number of hydrogen-bond donors (Lipinski definition) is 1. The monoisotopic (exact) mass is 329 g/mol. The molecule has 19 heavy (non-hydrogen) atoms. The van der Waals surface area contributed by atoms with E-state index in [2.05, 4.69) is 31.9 Å². The number of ether oxygens (including phenoxy) is 2. The van der Waals surface area contributed by atoms with E-state index >= 15 is 0 Å². The van der Waals surface area contributed by atoms with E-state index in [1.54, 1.807) is 20.4 Å². The SMILES string of the molecule is COC1CN(C(CN)c2cncc(Br)c2)CC1OC. The first-order valence-corrected chi connectivity index (χ1v) is 7.09. The number of aromatic nitrogens is 1. The summed E-state index contributed by atoms with van der Waals surface area (Å²) in [5, 5.41) is 0. The van der Waals surface area contributed by atoms with Crippen molar-refractivity contribution in [1.29, 1.82) is 0 Å². The minimum Gasteiger partial charge on any atom is -0.377 e. The molecule has 0 aromatic carbocycles. The van der Waals surface area contributed by atoms with Crippen LogP contribution in [0.25, 0.3) is 0 Å². The van der Waals surface area contributed by atoms with Crippen LogP contribution >= 0.6 is 15.9 Å². The largest absolute Gasteiger partial charge is 0.377 e. The van der Waals surface area contributed by atoms with Crippen LogP contribution in [-0.2, 0) is 9.47 Å². The van der Waals surface area contributed by atoms with Crippen LogP contribution in [0.5, 0.6) is 0 Å². The third kappa shape index (κ3) is 3.32. The highest BCUT2D eigenvalue weighted by atomic mass is 79.9. The maximum Gasteiger partial charge on any atom is 0.0972 e. The molecule has 3 unspecified atom stereocenters. The lowest BCUT2D eigenvalue weighted by Crippen LogP contribution is -2.33. The zero-order valence-electron chi connectivity index (χ0n) is 11.3. The van der Waals surface area contributed by atoms with Crippen LogP contribution in [0.1, 0.15) is 11.6 Å². The maximum atomic E-state index is 5.94. The van der Waals surface area contributed by atoms with Gasteiger partial charge >= 0.3 is 0 Å². The normalized spacial score (nSPS) is 25.7. The number of rotatable bonds is 5. The van der Waals surface area contributed by atoms with E-state index in [0.29, 0.717) is 6.54 Å². The molecule has 0 radical (unpaired) electrons. The Hall–Kier alpha value is -0.530. The molecule has 1 aliphatic heterocycles. The Kier molecular flexibility index (Phi) is 5.29. The lowest BCUT2D eigenvalue weighted by atomic mass is 10.1. The zero-order valence-corrected chi connectivity index (χ0v) is 12.8. The number of methoxy groups -OCH3 is 2. The number of halogens is 1. The third-order valence-electron chi connectivity index (χ3n) is 3.62. The standard InChI is InChI=1S/C13H20BrN3O2/c1-18-12-7-17(8-13(12)19-2)11(4-15)9-3-10(14)6-16-5-9/h3,5-6,11-13H,4,7-8,15H2,1-2H3. The topological polar surface area (TPSA) is 60.6 Å². The summed E-state index contributed by atoms with van der Waals surface area (Å²) < 4.78 is 11.9. The molecule has 0 aliphatic carbocycles. The smallest absolute Gasteiger partial charge is 0.0972 e. The Labute approximate surface area is 122 Å². The average Bonchev–Trinajstić information content (AvgIpc) is 2.83. The second-order valence-corrected chi connectivity index (χ2v) is 5.61. The fourth-order valence-corrected chi connectivity index (χ4v) is 2.97. The van der Waals surface area contributed by atoms with Gasteiger partial charge < -0.3 is 15.2 Å². The number of likely N-dealkylation sites (tertiary alicyclic amines) is 1. The van der Waals surface area contributed by atoms with E-state index in [1.807, 2.05) is 6.20 Å². The number of nitrogens with two attached hydrogens (primary N) is 1. The summed E-state index contributed by atoms with van der Waals surface area (Å²) in [5.41, 5.74) is 7.06. The van der Waals surface area contributed by atoms with E-state index in [0.717, 1.165) is 23.1 Å². The lowest BCUT2D eigenvalue weighted by Gasteiger charge is -2.26. The van der Waals surface area contributed by atoms with Crippen molar-refractivity contribution in [2.75, 3.05) is 33.9 Å². The molecule has 1 aromatic heterocycles. The molecule has 1 aromatic rings. The van der Waals surface area contributed by atoms with Gasteiger partial charge in [0.1, 0.15) is 0 Å². The molecule has 1 fully saturated rings. The summed E-state index contributed by atoms with van der Waals surface area (Å²) in [6, 6.07) is 2.20. The Morgan fingerprint density at radius 3 is 2.47 bits per heavy atom. The van der Waals surface area contributed by atoms with Gasteiger partial charge in [-0.25, -0.2) is 0 Å². The van der Waals surface area contributed by atoms with Crippen LogP contribution in [0.4, 0.5) is 0 Å². The second kappa shape index (κ2) is 6.76. The van der Waals surface area contributed by atoms with Crippen LogP contribution in [0.2, 0.25) is 0 Å². The maximum absolute atomic E-state index is 5.94. The fourth-order valence-electron chi connectivity index (χ4n) is 2.59. The molecule has 0 saturated carbocycles. The first-order chi connectivity index (χ1) is 9.19. The van der Waals surface area contributed by atoms with Crippen LogP contribution in [0.3, 0.4) is 0 Å². The summed E-state index contributed by atoms with van der Waals surface area (Å²) in [6.45, 7) is 2.19. The van der Waals surface area contributed by atoms with Crippen molar-refractivity contribution in [3.63, 3.8) is 0 Å². The van der Waals surface area contributed by atoms with E-state index in [-0.39, 0.29) is 18.2 Å². The van der Waals surface area contributed by atoms with Crippen molar-refractivity contribution in [3.05, 3.63) is 28.5 Å². The molecule has 0 bridgehead atoms. The highest BCUT2D eigenvalue weighted by Gasteiger charge is 2.36. The van der Waals surface area contributed by atoms with E-state index in [1.165, 1.54) is 0 Å². The molecule has 0 spiro atoms. The van der Waals surface area contributed by atoms with E-state index in [9.17, 15) is 0 Å². The van der Waals surface area contributed by atoms with Gasteiger partial charge in [0.25, 0.3) is 0 Å². The predicted molar refractivity (Wildman–Crippen MR) is 76.9 cm³/mol. The van der Waals surface area contributed by atoms with E-state index < -0.39 is 0 Å². The zero-order chi connectivity index (χ0) is 13.8. The molecule has 0 amide bonds. The number of pyridine rings is 1. The quantitative estimate of drug-likeness (QED) is 0.879. The minimum atomic E-state index is 0.0964. The van der Waals surface area contributed by atoms with Gasteiger partial charge in [0.05, 0.1) is 12.2 Å². The summed E-state index contributed by atoms with van der Waals surface area (Å²) >= 11 is 3.45. The second-order valence-electron chi connectivity index (χ2n) is 4.69. The van der Waals surface area contributed by atoms with Gasteiger partial charge in [0.2, 0.25) is 0 Å². The highest BCUT2D eigenvalue weighted by molar-refractivity contribution is 9.10. The van der Waals surface area contributed by atoms with E-state index in [4.69, 9.17) is 15.2 Å². The number of nitrogens with zero attached hydrogens (tertiary/aromatic N) is 2. The summed E-state index contributed by atoms with van der Waals surface area (Å²) in [5.74, 6) is 0. The van der Waals surface area contributed by atoms with Gasteiger partial charge in [0.15, 0.2) is 0 Å². The van der Waals surface area contributed by atoms with Gasteiger partial charge in [-0.3, -0.25) is 9.88 Å². The van der Waals surface area contributed by atoms with Crippen LogP contribution < -0.4 is 5.73 Å². The lowest BCUT2D eigenvalue weighted by molar-refractivity contribution is -0.00461. The Morgan fingerprint density at radius 2 is 2.00 bits per heavy atom. The summed E-state index contributed by atoms with van der Waals surface area (Å²) in [7, 11) is 3.44. The van der Waals surface area contributed by atoms with Crippen molar-refractivity contribution in [2.45, 2.75) is 18.2 Å². The predicted octanol–water partition coefficient (Wildman–Crippen LogP) is 1.19. The fraction of sp³-hybridized carbons (Fsp3) is 0.615. The molecule has 1 aliphatic rings. The molecule has 2 heterocycles. The van der Waals surface area contributed by atoms with Crippen molar-refractivity contribution >= 4 is 15.9 Å². The van der Waals surface area contributed by atoms with Gasteiger partial charge in [-0.1, -0.05) is 0 Å². The molecule has 6 heteroatoms. The molecular formula is C13H20BrN3O2. The molecule has 1 saturated heterocycles. The van der Waals surface area contributed by atoms with Crippen LogP contribution in [0.15, 0.2) is 22.9 Å². The van der Waals surface area contributed by atoms with Crippen LogP contribution in [-0.4, -0.2) is 55.9 Å². The molecule has 3 atom stereocenters. The number of hydrogen-bond acceptors (Lipinski definition) is 5. The van der Waals surface area contributed by atoms with Gasteiger partial charge in [-0.05, 0) is 27.6 Å². The minimum absolute atomic E-state index is 0.0964. The average molecular weight is 330 g/mol. The van der Waals surface area contributed by atoms with Crippen LogP contribution in [0, 0.1) is 0 Å². The highest BCUT2D eigenvalue weighted by Crippen LogP contribution is 2.27. The molecule has 2 rings (SSSR count). The van der Waals surface area contributed by atoms with Crippen molar-refractivity contribution in [1.82, 2.24) is 9.88 Å². The summed E-state index contributed by atoms with van der Waals surface area (Å²) in [4.78, 5) is 6.51. The first kappa shape index (κ1) is 14.9. The van der Waals surface area contributed by atoms with Gasteiger partial charge in [-0.2, -0.15) is 0 Å². The van der Waals surface area contributed by atoms with Gasteiger partial charge in [-0.15, -0.1) is 0 Å². The first-order valence-electron chi connectivity index (χ1n) is 6.29. The Balaban J connectivity index is 2.15. The summed E-state index contributed by atoms with van der Waals surface area (Å²) in [6.07, 6.45) is 3.83. The molecule has 5 nitrogen and oxygen atoms in total. The third-order valence-corrected chi connectivity index (χ3v) is 4.06. The Bertz CT molecular complexity index is 407. The van der Waals surface area contributed by atoms with Crippen molar-refractivity contribution in [3.8, 4) is 0 Å². The molecular weight excluding hydrogens is 310 g/mol. The Morgan fingerprint density at radius 1 is 1.37 bits per heavy atom.